The van der Waals surface area contributed by atoms with Crippen molar-refractivity contribution < 1.29 is 27.1 Å². The van der Waals surface area contributed by atoms with Gasteiger partial charge in [0.05, 0.1) is 17.9 Å². The number of ether oxygens (including phenoxy) is 1. The zero-order chi connectivity index (χ0) is 19.3. The monoisotopic (exact) mass is 423 g/mol. The van der Waals surface area contributed by atoms with Gasteiger partial charge in [-0.2, -0.15) is 4.31 Å². The van der Waals surface area contributed by atoms with Crippen LogP contribution in [-0.2, 0) is 19.6 Å². The highest BCUT2D eigenvalue weighted by molar-refractivity contribution is 7.89. The molecule has 1 heterocycles. The Morgan fingerprint density at radius 3 is 2.74 bits per heavy atom. The van der Waals surface area contributed by atoms with Crippen molar-refractivity contribution >= 4 is 34.3 Å². The molecule has 11 heteroatoms. The van der Waals surface area contributed by atoms with Crippen LogP contribution < -0.4 is 11.1 Å². The van der Waals surface area contributed by atoms with Gasteiger partial charge in [-0.25, -0.2) is 17.6 Å². The highest BCUT2D eigenvalue weighted by Crippen LogP contribution is 2.27. The van der Waals surface area contributed by atoms with E-state index in [4.69, 9.17) is 5.73 Å². The first-order valence-corrected chi connectivity index (χ1v) is 9.61. The number of nitrogens with zero attached hydrogens (tertiary/aromatic N) is 1. The average molecular weight is 424 g/mol. The molecule has 3 N–H and O–H groups in total. The fourth-order valence-corrected chi connectivity index (χ4v) is 4.59. The number of halogens is 2. The van der Waals surface area contributed by atoms with Crippen molar-refractivity contribution in [2.45, 2.75) is 17.7 Å². The highest BCUT2D eigenvalue weighted by atomic mass is 35.5. The lowest BCUT2D eigenvalue weighted by Crippen LogP contribution is -2.46. The van der Waals surface area contributed by atoms with Crippen molar-refractivity contribution in [3.05, 3.63) is 29.6 Å². The number of piperidine rings is 1. The first-order valence-electron chi connectivity index (χ1n) is 8.17. The largest absolute Gasteiger partial charge is 0.465 e. The number of carbonyl (C=O) groups excluding carboxylic acids is 2. The van der Waals surface area contributed by atoms with Gasteiger partial charge in [-0.05, 0) is 25.0 Å². The van der Waals surface area contributed by atoms with Crippen molar-refractivity contribution in [3.8, 4) is 0 Å². The van der Waals surface area contributed by atoms with E-state index >= 15 is 0 Å². The molecule has 0 aliphatic carbocycles. The van der Waals surface area contributed by atoms with Gasteiger partial charge < -0.3 is 15.8 Å². The Bertz CT molecular complexity index is 790. The Morgan fingerprint density at radius 2 is 2.11 bits per heavy atom. The van der Waals surface area contributed by atoms with Crippen LogP contribution in [0, 0.1) is 11.7 Å². The molecule has 0 aromatic heterocycles. The van der Waals surface area contributed by atoms with Crippen LogP contribution in [-0.4, -0.2) is 57.9 Å². The molecule has 0 saturated carbocycles. The molecule has 1 atom stereocenters. The van der Waals surface area contributed by atoms with E-state index < -0.39 is 38.2 Å². The number of benzene rings is 1. The molecule has 1 aliphatic rings. The number of nitrogens with two attached hydrogens (primary N) is 1. The summed E-state index contributed by atoms with van der Waals surface area (Å²) in [4.78, 5) is 23.5. The minimum atomic E-state index is -4.17. The summed E-state index contributed by atoms with van der Waals surface area (Å²) in [5.41, 5.74) is 4.72. The molecular weight excluding hydrogens is 401 g/mol. The summed E-state index contributed by atoms with van der Waals surface area (Å²) in [6, 6.07) is 3.36. The molecule has 1 amide bonds. The number of amides is 1. The molecule has 2 rings (SSSR count). The minimum absolute atomic E-state index is 0. The molecule has 152 valence electrons. The van der Waals surface area contributed by atoms with Crippen LogP contribution in [0.25, 0.3) is 0 Å². The zero-order valence-corrected chi connectivity index (χ0v) is 16.4. The van der Waals surface area contributed by atoms with Gasteiger partial charge in [0.25, 0.3) is 0 Å². The number of hydrogen-bond donors (Lipinski definition) is 2. The lowest BCUT2D eigenvalue weighted by molar-refractivity contribution is -0.126. The Morgan fingerprint density at radius 1 is 1.41 bits per heavy atom. The minimum Gasteiger partial charge on any atom is -0.465 e. The molecule has 1 fully saturated rings. The SMILES string of the molecule is COC(=O)c1c(F)cccc1S(=O)(=O)N1CCCC(C(=O)NCCN)C1.Cl. The second-order valence-electron chi connectivity index (χ2n) is 5.89. The van der Waals surface area contributed by atoms with Gasteiger partial charge in [0, 0.05) is 26.2 Å². The normalized spacial score (nSPS) is 17.7. The molecule has 1 aliphatic heterocycles. The van der Waals surface area contributed by atoms with E-state index in [1.165, 1.54) is 6.07 Å². The van der Waals surface area contributed by atoms with Crippen LogP contribution in [0.5, 0.6) is 0 Å². The van der Waals surface area contributed by atoms with Crippen LogP contribution in [0.2, 0.25) is 0 Å². The lowest BCUT2D eigenvalue weighted by Gasteiger charge is -2.31. The van der Waals surface area contributed by atoms with Gasteiger partial charge >= 0.3 is 5.97 Å². The molecule has 0 spiro atoms. The fraction of sp³-hybridized carbons (Fsp3) is 0.500. The number of nitrogens with one attached hydrogen (secondary N) is 1. The van der Waals surface area contributed by atoms with E-state index in [1.54, 1.807) is 0 Å². The average Bonchev–Trinajstić information content (AvgIpc) is 2.65. The van der Waals surface area contributed by atoms with Crippen molar-refractivity contribution in [2.24, 2.45) is 11.7 Å². The van der Waals surface area contributed by atoms with Gasteiger partial charge in [0.2, 0.25) is 15.9 Å². The summed E-state index contributed by atoms with van der Waals surface area (Å²) < 4.78 is 45.6. The molecule has 0 bridgehead atoms. The Balaban J connectivity index is 0.00000364. The van der Waals surface area contributed by atoms with E-state index in [0.29, 0.717) is 19.4 Å². The Kier molecular flexibility index (Phi) is 8.60. The Hall–Kier alpha value is -1.75. The maximum Gasteiger partial charge on any atom is 0.342 e. The Labute approximate surface area is 163 Å². The number of rotatable bonds is 6. The number of esters is 1. The summed E-state index contributed by atoms with van der Waals surface area (Å²) in [6.45, 7) is 0.723. The first kappa shape index (κ1) is 23.3. The standard InChI is InChI=1S/C16H22FN3O5S.ClH/c1-25-16(22)14-12(17)5-2-6-13(14)26(23,24)20-9-3-4-11(10-20)15(21)19-8-7-18;/h2,5-6,11H,3-4,7-10,18H2,1H3,(H,19,21);1H. The summed E-state index contributed by atoms with van der Waals surface area (Å²) >= 11 is 0. The van der Waals surface area contributed by atoms with Gasteiger partial charge in [-0.15, -0.1) is 12.4 Å². The van der Waals surface area contributed by atoms with Gasteiger partial charge in [0.1, 0.15) is 11.4 Å². The quantitative estimate of drug-likeness (QED) is 0.643. The van der Waals surface area contributed by atoms with Crippen LogP contribution in [0.3, 0.4) is 0 Å². The van der Waals surface area contributed by atoms with Crippen LogP contribution in [0.15, 0.2) is 23.1 Å². The zero-order valence-electron chi connectivity index (χ0n) is 14.8. The van der Waals surface area contributed by atoms with Gasteiger partial charge in [-0.3, -0.25) is 4.79 Å². The molecule has 1 aromatic carbocycles. The van der Waals surface area contributed by atoms with E-state index in [9.17, 15) is 22.4 Å². The predicted octanol–water partition coefficient (Wildman–Crippen LogP) is 0.510. The third kappa shape index (κ3) is 5.16. The van der Waals surface area contributed by atoms with Crippen LogP contribution >= 0.6 is 12.4 Å². The fourth-order valence-electron chi connectivity index (χ4n) is 2.87. The molecule has 8 nitrogen and oxygen atoms in total. The third-order valence-corrected chi connectivity index (χ3v) is 6.09. The molecule has 1 aromatic rings. The number of hydrogen-bond acceptors (Lipinski definition) is 6. The lowest BCUT2D eigenvalue weighted by atomic mass is 9.99. The summed E-state index contributed by atoms with van der Waals surface area (Å²) in [5.74, 6) is -2.86. The smallest absolute Gasteiger partial charge is 0.342 e. The van der Waals surface area contributed by atoms with Gasteiger partial charge in [-0.1, -0.05) is 6.07 Å². The molecule has 0 radical (unpaired) electrons. The summed E-state index contributed by atoms with van der Waals surface area (Å²) in [7, 11) is -3.12. The topological polar surface area (TPSA) is 119 Å². The van der Waals surface area contributed by atoms with Gasteiger partial charge in [0.15, 0.2) is 0 Å². The third-order valence-electron chi connectivity index (χ3n) is 4.18. The van der Waals surface area contributed by atoms with E-state index in [-0.39, 0.29) is 37.9 Å². The second-order valence-corrected chi connectivity index (χ2v) is 7.79. The molecule has 27 heavy (non-hydrogen) atoms. The van der Waals surface area contributed by atoms with Crippen molar-refractivity contribution in [2.75, 3.05) is 33.3 Å². The maximum absolute atomic E-state index is 14.1. The first-order chi connectivity index (χ1) is 12.3. The summed E-state index contributed by atoms with van der Waals surface area (Å²) in [5, 5.41) is 2.64. The van der Waals surface area contributed by atoms with E-state index in [2.05, 4.69) is 10.1 Å². The highest BCUT2D eigenvalue weighted by Gasteiger charge is 2.36. The number of methoxy groups -OCH3 is 1. The molecule has 1 unspecified atom stereocenters. The van der Waals surface area contributed by atoms with Crippen molar-refractivity contribution in [3.63, 3.8) is 0 Å². The number of sulfonamides is 1. The van der Waals surface area contributed by atoms with Crippen LogP contribution in [0.4, 0.5) is 4.39 Å². The molecular formula is C16H23ClFN3O5S. The maximum atomic E-state index is 14.1. The van der Waals surface area contributed by atoms with Crippen molar-refractivity contribution in [1.82, 2.24) is 9.62 Å². The van der Waals surface area contributed by atoms with Crippen LogP contribution in [0.1, 0.15) is 23.2 Å². The number of carbonyl (C=O) groups is 2. The molecule has 1 saturated heterocycles. The van der Waals surface area contributed by atoms with E-state index in [1.807, 2.05) is 0 Å². The predicted molar refractivity (Wildman–Crippen MR) is 98.5 cm³/mol. The second kappa shape index (κ2) is 9.98. The van der Waals surface area contributed by atoms with E-state index in [0.717, 1.165) is 23.5 Å². The summed E-state index contributed by atoms with van der Waals surface area (Å²) in [6.07, 6.45) is 1.01. The van der Waals surface area contributed by atoms with Crippen molar-refractivity contribution in [1.29, 1.82) is 0 Å².